The number of carbonyl (C=O) groups excluding carboxylic acids is 1. The zero-order valence-corrected chi connectivity index (χ0v) is 15.5. The first kappa shape index (κ1) is 17.4. The maximum Gasteiger partial charge on any atom is 0.252 e. The fourth-order valence-electron chi connectivity index (χ4n) is 2.99. The second kappa shape index (κ2) is 8.07. The molecule has 1 saturated heterocycles. The van der Waals surface area contributed by atoms with Crippen molar-refractivity contribution in [2.24, 2.45) is 0 Å². The monoisotopic (exact) mass is 438 g/mol. The molecule has 0 unspecified atom stereocenters. The van der Waals surface area contributed by atoms with Crippen molar-refractivity contribution in [1.82, 2.24) is 10.2 Å². The molecule has 2 aromatic rings. The van der Waals surface area contributed by atoms with Gasteiger partial charge in [-0.05, 0) is 65.3 Å². The average molecular weight is 438 g/mol. The first-order valence-corrected chi connectivity index (χ1v) is 9.22. The molecule has 1 aliphatic heterocycles. The van der Waals surface area contributed by atoms with Crippen LogP contribution >= 0.6 is 22.6 Å². The van der Waals surface area contributed by atoms with E-state index in [-0.39, 0.29) is 17.8 Å². The lowest BCUT2D eigenvalue weighted by Crippen LogP contribution is -2.44. The Labute approximate surface area is 155 Å². The second-order valence-electron chi connectivity index (χ2n) is 6.13. The van der Waals surface area contributed by atoms with Crippen LogP contribution < -0.4 is 5.32 Å². The third-order valence-electron chi connectivity index (χ3n) is 4.36. The zero-order chi connectivity index (χ0) is 16.9. The third-order valence-corrected chi connectivity index (χ3v) is 5.30. The van der Waals surface area contributed by atoms with Crippen LogP contribution in [-0.2, 0) is 6.54 Å². The fraction of sp³-hybridized carbons (Fsp3) is 0.316. The molecule has 3 rings (SSSR count). The van der Waals surface area contributed by atoms with E-state index in [1.807, 2.05) is 36.4 Å². The van der Waals surface area contributed by atoms with E-state index < -0.39 is 0 Å². The zero-order valence-electron chi connectivity index (χ0n) is 13.3. The van der Waals surface area contributed by atoms with Crippen molar-refractivity contribution in [2.75, 3.05) is 13.1 Å². The Hall–Kier alpha value is -1.47. The van der Waals surface area contributed by atoms with Gasteiger partial charge in [-0.15, -0.1) is 0 Å². The molecule has 0 aromatic heterocycles. The Morgan fingerprint density at radius 2 is 1.79 bits per heavy atom. The van der Waals surface area contributed by atoms with Crippen LogP contribution in [0.15, 0.2) is 48.5 Å². The molecule has 0 saturated carbocycles. The van der Waals surface area contributed by atoms with E-state index in [1.54, 1.807) is 0 Å². The summed E-state index contributed by atoms with van der Waals surface area (Å²) in [5.74, 6) is -0.187. The molecule has 0 aliphatic carbocycles. The van der Waals surface area contributed by atoms with Crippen LogP contribution in [0, 0.1) is 9.39 Å². The Bertz CT molecular complexity index is 697. The smallest absolute Gasteiger partial charge is 0.252 e. The molecule has 2 aromatic carbocycles. The van der Waals surface area contributed by atoms with E-state index >= 15 is 0 Å². The van der Waals surface area contributed by atoms with E-state index in [0.29, 0.717) is 0 Å². The van der Waals surface area contributed by atoms with Crippen LogP contribution in [0.5, 0.6) is 0 Å². The third kappa shape index (κ3) is 4.54. The molecule has 1 aliphatic rings. The van der Waals surface area contributed by atoms with Gasteiger partial charge in [0.1, 0.15) is 5.82 Å². The molecule has 0 bridgehead atoms. The van der Waals surface area contributed by atoms with Crippen LogP contribution in [0.2, 0.25) is 0 Å². The molecule has 126 valence electrons. The number of hydrogen-bond donors (Lipinski definition) is 1. The molecule has 0 spiro atoms. The lowest BCUT2D eigenvalue weighted by molar-refractivity contribution is 0.0908. The van der Waals surface area contributed by atoms with Crippen molar-refractivity contribution in [3.8, 4) is 0 Å². The Balaban J connectivity index is 1.49. The minimum atomic E-state index is -0.198. The van der Waals surface area contributed by atoms with Gasteiger partial charge in [0.15, 0.2) is 0 Å². The van der Waals surface area contributed by atoms with E-state index in [1.165, 1.54) is 12.1 Å². The number of hydrogen-bond acceptors (Lipinski definition) is 2. The number of nitrogens with zero attached hydrogens (tertiary/aromatic N) is 1. The van der Waals surface area contributed by atoms with Crippen molar-refractivity contribution in [3.05, 3.63) is 69.0 Å². The predicted molar refractivity (Wildman–Crippen MR) is 101 cm³/mol. The second-order valence-corrected chi connectivity index (χ2v) is 7.29. The van der Waals surface area contributed by atoms with Crippen LogP contribution in [0.25, 0.3) is 0 Å². The van der Waals surface area contributed by atoms with E-state index in [4.69, 9.17) is 0 Å². The van der Waals surface area contributed by atoms with Crippen molar-refractivity contribution < 1.29 is 9.18 Å². The van der Waals surface area contributed by atoms with E-state index in [0.717, 1.165) is 47.2 Å². The summed E-state index contributed by atoms with van der Waals surface area (Å²) in [4.78, 5) is 14.7. The minimum absolute atomic E-state index is 0.0111. The van der Waals surface area contributed by atoms with Crippen molar-refractivity contribution in [3.63, 3.8) is 0 Å². The van der Waals surface area contributed by atoms with Gasteiger partial charge < -0.3 is 5.32 Å². The predicted octanol–water partition coefficient (Wildman–Crippen LogP) is 3.82. The van der Waals surface area contributed by atoms with E-state index in [9.17, 15) is 9.18 Å². The molecule has 3 nitrogen and oxygen atoms in total. The number of amides is 1. The van der Waals surface area contributed by atoms with Gasteiger partial charge in [0.2, 0.25) is 0 Å². The van der Waals surface area contributed by atoms with Crippen LogP contribution in [0.1, 0.15) is 28.8 Å². The molecular weight excluding hydrogens is 418 g/mol. The first-order chi connectivity index (χ1) is 11.6. The number of piperidine rings is 1. The molecule has 1 fully saturated rings. The van der Waals surface area contributed by atoms with Gasteiger partial charge >= 0.3 is 0 Å². The quantitative estimate of drug-likeness (QED) is 0.737. The number of likely N-dealkylation sites (tertiary alicyclic amines) is 1. The summed E-state index contributed by atoms with van der Waals surface area (Å²) in [6.45, 7) is 2.71. The van der Waals surface area contributed by atoms with Crippen LogP contribution in [0.4, 0.5) is 4.39 Å². The molecule has 0 radical (unpaired) electrons. The summed E-state index contributed by atoms with van der Waals surface area (Å²) in [5, 5.41) is 3.15. The molecule has 0 atom stereocenters. The minimum Gasteiger partial charge on any atom is -0.349 e. The summed E-state index contributed by atoms with van der Waals surface area (Å²) in [7, 11) is 0. The molecule has 24 heavy (non-hydrogen) atoms. The Morgan fingerprint density at radius 1 is 1.12 bits per heavy atom. The molecule has 5 heteroatoms. The standard InChI is InChI=1S/C19H20FIN2O/c20-15-7-5-14(6-8-15)13-23-11-9-16(10-12-23)22-19(24)17-3-1-2-4-18(17)21/h1-8,16H,9-13H2,(H,22,24). The first-order valence-electron chi connectivity index (χ1n) is 8.14. The summed E-state index contributed by atoms with van der Waals surface area (Å²) in [6, 6.07) is 14.5. The maximum absolute atomic E-state index is 13.0. The van der Waals surface area contributed by atoms with Gasteiger partial charge in [-0.3, -0.25) is 9.69 Å². The normalized spacial score (nSPS) is 16.1. The summed E-state index contributed by atoms with van der Waals surface area (Å²) in [6.07, 6.45) is 1.88. The molecule has 1 amide bonds. The number of carbonyl (C=O) groups is 1. The molecular formula is C19H20FIN2O. The fourth-order valence-corrected chi connectivity index (χ4v) is 3.62. The van der Waals surface area contributed by atoms with Gasteiger partial charge in [0.25, 0.3) is 5.91 Å². The SMILES string of the molecule is O=C(NC1CCN(Cc2ccc(F)cc2)CC1)c1ccccc1I. The van der Waals surface area contributed by atoms with Gasteiger partial charge in [-0.1, -0.05) is 24.3 Å². The highest BCUT2D eigenvalue weighted by atomic mass is 127. The largest absolute Gasteiger partial charge is 0.349 e. The number of halogens is 2. The summed E-state index contributed by atoms with van der Waals surface area (Å²) in [5.41, 5.74) is 1.87. The Kier molecular flexibility index (Phi) is 5.84. The van der Waals surface area contributed by atoms with Crippen LogP contribution in [0.3, 0.4) is 0 Å². The maximum atomic E-state index is 13.0. The average Bonchev–Trinajstić information content (AvgIpc) is 2.59. The van der Waals surface area contributed by atoms with Gasteiger partial charge in [0, 0.05) is 29.2 Å². The lowest BCUT2D eigenvalue weighted by Gasteiger charge is -2.32. The lowest BCUT2D eigenvalue weighted by atomic mass is 10.0. The Morgan fingerprint density at radius 3 is 2.46 bits per heavy atom. The highest BCUT2D eigenvalue weighted by Crippen LogP contribution is 2.16. The van der Waals surface area contributed by atoms with Gasteiger partial charge in [-0.25, -0.2) is 4.39 Å². The van der Waals surface area contributed by atoms with E-state index in [2.05, 4.69) is 32.8 Å². The van der Waals surface area contributed by atoms with Gasteiger partial charge in [-0.2, -0.15) is 0 Å². The molecule has 1 N–H and O–H groups in total. The topological polar surface area (TPSA) is 32.3 Å². The molecule has 1 heterocycles. The van der Waals surface area contributed by atoms with Crippen molar-refractivity contribution in [2.45, 2.75) is 25.4 Å². The summed E-state index contributed by atoms with van der Waals surface area (Å²) < 4.78 is 13.9. The number of nitrogens with one attached hydrogen (secondary N) is 1. The summed E-state index contributed by atoms with van der Waals surface area (Å²) >= 11 is 2.19. The van der Waals surface area contributed by atoms with Crippen molar-refractivity contribution in [1.29, 1.82) is 0 Å². The number of rotatable bonds is 4. The van der Waals surface area contributed by atoms with Crippen molar-refractivity contribution >= 4 is 28.5 Å². The highest BCUT2D eigenvalue weighted by Gasteiger charge is 2.21. The van der Waals surface area contributed by atoms with Crippen LogP contribution in [-0.4, -0.2) is 29.9 Å². The number of benzene rings is 2. The van der Waals surface area contributed by atoms with Gasteiger partial charge in [0.05, 0.1) is 5.56 Å². The highest BCUT2D eigenvalue weighted by molar-refractivity contribution is 14.1.